The molecule has 0 saturated carbocycles. The summed E-state index contributed by atoms with van der Waals surface area (Å²) in [7, 11) is 0. The molecular weight excluding hydrogens is 245 g/mol. The Hall–Kier alpha value is -0.930. The number of aryl methyl sites for hydroxylation is 1. The van der Waals surface area contributed by atoms with Crippen molar-refractivity contribution in [3.05, 3.63) is 34.5 Å². The zero-order chi connectivity index (χ0) is 13.1. The van der Waals surface area contributed by atoms with Gasteiger partial charge in [-0.15, -0.1) is 11.3 Å². The molecule has 0 radical (unpaired) electrons. The summed E-state index contributed by atoms with van der Waals surface area (Å²) in [5, 5.41) is 4.68. The van der Waals surface area contributed by atoms with Crippen molar-refractivity contribution in [1.82, 2.24) is 5.32 Å². The molecule has 2 rings (SSSR count). The lowest BCUT2D eigenvalue weighted by Gasteiger charge is -2.07. The van der Waals surface area contributed by atoms with Crippen molar-refractivity contribution in [2.24, 2.45) is 5.92 Å². The monoisotopic (exact) mass is 265 g/mol. The molecule has 1 nitrogen and oxygen atoms in total. The molecule has 0 fully saturated rings. The molecular formula is C15H20FNS. The second-order valence-electron chi connectivity index (χ2n) is 5.02. The Morgan fingerprint density at radius 2 is 2.11 bits per heavy atom. The van der Waals surface area contributed by atoms with Crippen LogP contribution >= 0.6 is 11.3 Å². The average molecular weight is 265 g/mol. The number of fused-ring (bicyclic) bond motifs is 1. The van der Waals surface area contributed by atoms with Crippen molar-refractivity contribution in [2.75, 3.05) is 6.54 Å². The highest BCUT2D eigenvalue weighted by atomic mass is 32.1. The maximum Gasteiger partial charge on any atom is 0.124 e. The van der Waals surface area contributed by atoms with Crippen LogP contribution in [0.2, 0.25) is 0 Å². The SMILES string of the molecule is CCc1c(CNCC(C)C)sc2cc(F)ccc12. The molecule has 3 heteroatoms. The van der Waals surface area contributed by atoms with Crippen molar-refractivity contribution >= 4 is 21.4 Å². The van der Waals surface area contributed by atoms with Gasteiger partial charge in [-0.1, -0.05) is 26.8 Å². The first-order chi connectivity index (χ1) is 8.61. The molecule has 1 aromatic heterocycles. The van der Waals surface area contributed by atoms with Crippen LogP contribution in [0.15, 0.2) is 18.2 Å². The molecule has 98 valence electrons. The van der Waals surface area contributed by atoms with Crippen LogP contribution in [0.25, 0.3) is 10.1 Å². The number of benzene rings is 1. The Balaban J connectivity index is 2.26. The summed E-state index contributed by atoms with van der Waals surface area (Å²) in [6.45, 7) is 8.48. The molecule has 1 N–H and O–H groups in total. The van der Waals surface area contributed by atoms with Crippen LogP contribution in [0.4, 0.5) is 4.39 Å². The van der Waals surface area contributed by atoms with Crippen molar-refractivity contribution in [3.8, 4) is 0 Å². The Kier molecular flexibility index (Phi) is 4.36. The van der Waals surface area contributed by atoms with Crippen LogP contribution in [0, 0.1) is 11.7 Å². The molecule has 2 aromatic rings. The highest BCUT2D eigenvalue weighted by Gasteiger charge is 2.11. The standard InChI is InChI=1S/C15H20FNS/c1-4-12-13-6-5-11(16)7-14(13)18-15(12)9-17-8-10(2)3/h5-7,10,17H,4,8-9H2,1-3H3. The molecule has 0 saturated heterocycles. The van der Waals surface area contributed by atoms with Crippen molar-refractivity contribution in [1.29, 1.82) is 0 Å². The lowest BCUT2D eigenvalue weighted by atomic mass is 10.1. The van der Waals surface area contributed by atoms with Crippen molar-refractivity contribution in [3.63, 3.8) is 0 Å². The first kappa shape index (κ1) is 13.5. The maximum absolute atomic E-state index is 13.2. The van der Waals surface area contributed by atoms with Gasteiger partial charge in [-0.2, -0.15) is 0 Å². The summed E-state index contributed by atoms with van der Waals surface area (Å²) >= 11 is 1.71. The molecule has 0 aliphatic rings. The van der Waals surface area contributed by atoms with Gasteiger partial charge in [0, 0.05) is 16.1 Å². The van der Waals surface area contributed by atoms with E-state index in [1.165, 1.54) is 15.8 Å². The third-order valence-corrected chi connectivity index (χ3v) is 4.23. The van der Waals surface area contributed by atoms with Gasteiger partial charge in [-0.05, 0) is 42.0 Å². The van der Waals surface area contributed by atoms with Crippen LogP contribution in [-0.4, -0.2) is 6.54 Å². The Morgan fingerprint density at radius 1 is 1.33 bits per heavy atom. The maximum atomic E-state index is 13.2. The molecule has 0 bridgehead atoms. The largest absolute Gasteiger partial charge is 0.312 e. The van der Waals surface area contributed by atoms with Crippen LogP contribution < -0.4 is 5.32 Å². The van der Waals surface area contributed by atoms with Crippen LogP contribution in [0.5, 0.6) is 0 Å². The topological polar surface area (TPSA) is 12.0 Å². The molecule has 0 aliphatic carbocycles. The zero-order valence-electron chi connectivity index (χ0n) is 11.2. The molecule has 0 atom stereocenters. The number of hydrogen-bond donors (Lipinski definition) is 1. The fourth-order valence-electron chi connectivity index (χ4n) is 2.18. The van der Waals surface area contributed by atoms with E-state index in [-0.39, 0.29) is 5.82 Å². The molecule has 0 unspecified atom stereocenters. The first-order valence-electron chi connectivity index (χ1n) is 6.52. The molecule has 0 spiro atoms. The highest BCUT2D eigenvalue weighted by molar-refractivity contribution is 7.19. The average Bonchev–Trinajstić information content (AvgIpc) is 2.65. The normalized spacial score (nSPS) is 11.6. The second-order valence-corrected chi connectivity index (χ2v) is 6.16. The van der Waals surface area contributed by atoms with Gasteiger partial charge in [0.2, 0.25) is 0 Å². The minimum atomic E-state index is -0.145. The number of nitrogens with one attached hydrogen (secondary N) is 1. The number of halogens is 1. The van der Waals surface area contributed by atoms with E-state index in [0.29, 0.717) is 5.92 Å². The number of thiophene rings is 1. The lowest BCUT2D eigenvalue weighted by Crippen LogP contribution is -2.18. The van der Waals surface area contributed by atoms with Gasteiger partial charge < -0.3 is 5.32 Å². The smallest absolute Gasteiger partial charge is 0.124 e. The Morgan fingerprint density at radius 3 is 2.78 bits per heavy atom. The molecule has 18 heavy (non-hydrogen) atoms. The van der Waals surface area contributed by atoms with E-state index >= 15 is 0 Å². The Labute approximate surface area is 112 Å². The summed E-state index contributed by atoms with van der Waals surface area (Å²) in [5.41, 5.74) is 1.37. The van der Waals surface area contributed by atoms with E-state index in [9.17, 15) is 4.39 Å². The predicted molar refractivity (Wildman–Crippen MR) is 77.7 cm³/mol. The minimum absolute atomic E-state index is 0.145. The van der Waals surface area contributed by atoms with Crippen LogP contribution in [0.1, 0.15) is 31.2 Å². The minimum Gasteiger partial charge on any atom is -0.312 e. The summed E-state index contributed by atoms with van der Waals surface area (Å²) in [5.74, 6) is 0.509. The Bertz CT molecular complexity index is 531. The van der Waals surface area contributed by atoms with Gasteiger partial charge >= 0.3 is 0 Å². The predicted octanol–water partition coefficient (Wildman–Crippen LogP) is 4.35. The molecule has 1 heterocycles. The summed E-state index contributed by atoms with van der Waals surface area (Å²) in [4.78, 5) is 1.35. The van der Waals surface area contributed by atoms with Crippen molar-refractivity contribution < 1.29 is 4.39 Å². The molecule has 0 amide bonds. The van der Waals surface area contributed by atoms with E-state index < -0.39 is 0 Å². The van der Waals surface area contributed by atoms with Crippen LogP contribution in [-0.2, 0) is 13.0 Å². The van der Waals surface area contributed by atoms with E-state index in [1.807, 2.05) is 6.07 Å². The third kappa shape index (κ3) is 2.90. The second kappa shape index (κ2) is 5.81. The fraction of sp³-hybridized carbons (Fsp3) is 0.467. The van der Waals surface area contributed by atoms with Gasteiger partial charge in [0.1, 0.15) is 5.82 Å². The third-order valence-electron chi connectivity index (χ3n) is 3.03. The highest BCUT2D eigenvalue weighted by Crippen LogP contribution is 2.32. The summed E-state index contributed by atoms with van der Waals surface area (Å²) in [6, 6.07) is 5.11. The van der Waals surface area contributed by atoms with Gasteiger partial charge in [0.15, 0.2) is 0 Å². The van der Waals surface area contributed by atoms with E-state index in [1.54, 1.807) is 23.5 Å². The van der Waals surface area contributed by atoms with Gasteiger partial charge in [0.05, 0.1) is 0 Å². The molecule has 0 aliphatic heterocycles. The van der Waals surface area contributed by atoms with Gasteiger partial charge in [-0.25, -0.2) is 4.39 Å². The lowest BCUT2D eigenvalue weighted by molar-refractivity contribution is 0.554. The summed E-state index contributed by atoms with van der Waals surface area (Å²) in [6.07, 6.45) is 1.00. The number of hydrogen-bond acceptors (Lipinski definition) is 2. The molecule has 1 aromatic carbocycles. The van der Waals surface area contributed by atoms with E-state index in [0.717, 1.165) is 24.2 Å². The van der Waals surface area contributed by atoms with Gasteiger partial charge in [0.25, 0.3) is 0 Å². The first-order valence-corrected chi connectivity index (χ1v) is 7.34. The quantitative estimate of drug-likeness (QED) is 0.847. The number of rotatable bonds is 5. The van der Waals surface area contributed by atoms with Crippen molar-refractivity contribution in [2.45, 2.75) is 33.7 Å². The fourth-order valence-corrected chi connectivity index (χ4v) is 3.47. The van der Waals surface area contributed by atoms with E-state index in [4.69, 9.17) is 0 Å². The van der Waals surface area contributed by atoms with Gasteiger partial charge in [-0.3, -0.25) is 0 Å². The van der Waals surface area contributed by atoms with Crippen LogP contribution in [0.3, 0.4) is 0 Å². The zero-order valence-corrected chi connectivity index (χ0v) is 12.0. The van der Waals surface area contributed by atoms with E-state index in [2.05, 4.69) is 26.1 Å². The summed E-state index contributed by atoms with van der Waals surface area (Å²) < 4.78 is 14.3.